The van der Waals surface area contributed by atoms with Crippen molar-refractivity contribution in [3.05, 3.63) is 60.9 Å². The van der Waals surface area contributed by atoms with Gasteiger partial charge in [-0.15, -0.1) is 0 Å². The molecule has 120 valence electrons. The van der Waals surface area contributed by atoms with Crippen LogP contribution in [0.15, 0.2) is 60.9 Å². The summed E-state index contributed by atoms with van der Waals surface area (Å²) < 4.78 is 0. The Kier molecular flexibility index (Phi) is 6.17. The third-order valence-electron chi connectivity index (χ3n) is 3.43. The minimum Gasteiger partial charge on any atom is -0.394 e. The topological polar surface area (TPSA) is 66.2 Å². The zero-order chi connectivity index (χ0) is 15.4. The number of rotatable bonds is 1. The van der Waals surface area contributed by atoms with Crippen LogP contribution in [0, 0.1) is 0 Å². The zero-order valence-electron chi connectivity index (χ0n) is 12.3. The molecule has 4 aromatic rings. The van der Waals surface area contributed by atoms with E-state index in [0.717, 1.165) is 27.2 Å². The van der Waals surface area contributed by atoms with Crippen LogP contribution in [-0.2, 0) is 21.1 Å². The van der Waals surface area contributed by atoms with Gasteiger partial charge in [0.05, 0.1) is 24.2 Å². The molecule has 0 aliphatic rings. The van der Waals surface area contributed by atoms with Crippen molar-refractivity contribution in [1.29, 1.82) is 0 Å². The molecule has 0 aliphatic carbocycles. The second-order valence-electron chi connectivity index (χ2n) is 4.83. The number of nitrogens with zero attached hydrogens (tertiary/aromatic N) is 2. The quantitative estimate of drug-likeness (QED) is 0.406. The summed E-state index contributed by atoms with van der Waals surface area (Å²) in [5.74, 6) is 0. The van der Waals surface area contributed by atoms with Crippen molar-refractivity contribution in [2.75, 3.05) is 13.2 Å². The SMILES string of the molecule is OCCO.[Pt].c1cnc2c(c1)ccc1ccc3cccnc3c12. The number of benzene rings is 2. The van der Waals surface area contributed by atoms with Gasteiger partial charge in [-0.1, -0.05) is 36.4 Å². The molecule has 2 aromatic heterocycles. The third kappa shape index (κ3) is 3.56. The zero-order valence-corrected chi connectivity index (χ0v) is 14.6. The largest absolute Gasteiger partial charge is 0.394 e. The molecule has 4 rings (SSSR count). The number of aromatic nitrogens is 2. The Morgan fingerprint density at radius 2 is 1.09 bits per heavy atom. The predicted molar refractivity (Wildman–Crippen MR) is 88.7 cm³/mol. The first kappa shape index (κ1) is 17.5. The van der Waals surface area contributed by atoms with Crippen LogP contribution in [-0.4, -0.2) is 33.4 Å². The molecule has 2 heterocycles. The van der Waals surface area contributed by atoms with E-state index in [1.807, 2.05) is 24.5 Å². The maximum absolute atomic E-state index is 7.62. The van der Waals surface area contributed by atoms with Crippen molar-refractivity contribution in [2.24, 2.45) is 0 Å². The van der Waals surface area contributed by atoms with Gasteiger partial charge in [-0.2, -0.15) is 0 Å². The van der Waals surface area contributed by atoms with Gasteiger partial charge in [0, 0.05) is 49.6 Å². The predicted octanol–water partition coefficient (Wildman–Crippen LogP) is 2.90. The van der Waals surface area contributed by atoms with E-state index in [0.29, 0.717) is 0 Å². The molecule has 0 spiro atoms. The molecule has 0 atom stereocenters. The van der Waals surface area contributed by atoms with Crippen molar-refractivity contribution >= 4 is 32.6 Å². The Morgan fingerprint density at radius 3 is 1.52 bits per heavy atom. The van der Waals surface area contributed by atoms with Crippen molar-refractivity contribution in [3.63, 3.8) is 0 Å². The van der Waals surface area contributed by atoms with E-state index in [-0.39, 0.29) is 34.3 Å². The van der Waals surface area contributed by atoms with Gasteiger partial charge < -0.3 is 10.2 Å². The fourth-order valence-electron chi connectivity index (χ4n) is 2.49. The molecule has 5 heteroatoms. The van der Waals surface area contributed by atoms with Crippen LogP contribution in [0.5, 0.6) is 0 Å². The molecular formula is C18H16N2O2Pt. The van der Waals surface area contributed by atoms with E-state index in [1.165, 1.54) is 5.39 Å². The first-order chi connectivity index (χ1) is 10.8. The van der Waals surface area contributed by atoms with Gasteiger partial charge in [0.2, 0.25) is 0 Å². The van der Waals surface area contributed by atoms with Gasteiger partial charge in [-0.3, -0.25) is 9.97 Å². The molecule has 2 aromatic carbocycles. The van der Waals surface area contributed by atoms with Gasteiger partial charge in [-0.05, 0) is 17.5 Å². The Hall–Kier alpha value is -1.87. The van der Waals surface area contributed by atoms with Crippen molar-refractivity contribution in [2.45, 2.75) is 0 Å². The second-order valence-corrected chi connectivity index (χ2v) is 4.83. The smallest absolute Gasteiger partial charge is 0.0802 e. The standard InChI is InChI=1S/C16H10N2.C2H6O2.Pt/c1-3-12-7-5-11-6-8-13-4-2-10-18-16(13)14(11)15(12)17-9-1;3-1-2-4;/h1-10H;3-4H,1-2H2;. The maximum Gasteiger partial charge on any atom is 0.0802 e. The Labute approximate surface area is 148 Å². The molecule has 0 saturated carbocycles. The van der Waals surface area contributed by atoms with Gasteiger partial charge in [-0.25, -0.2) is 0 Å². The summed E-state index contributed by atoms with van der Waals surface area (Å²) in [5, 5.41) is 19.9. The minimum atomic E-state index is -0.125. The van der Waals surface area contributed by atoms with Crippen LogP contribution in [0.4, 0.5) is 0 Å². The summed E-state index contributed by atoms with van der Waals surface area (Å²) >= 11 is 0. The Balaban J connectivity index is 0.000000349. The van der Waals surface area contributed by atoms with E-state index in [2.05, 4.69) is 46.4 Å². The molecule has 23 heavy (non-hydrogen) atoms. The van der Waals surface area contributed by atoms with Crippen LogP contribution in [0.1, 0.15) is 0 Å². The normalized spacial score (nSPS) is 10.2. The number of fused-ring (bicyclic) bond motifs is 5. The number of aliphatic hydroxyl groups excluding tert-OH is 2. The Bertz CT molecular complexity index is 856. The van der Waals surface area contributed by atoms with Crippen LogP contribution in [0.25, 0.3) is 32.6 Å². The van der Waals surface area contributed by atoms with Crippen molar-refractivity contribution in [1.82, 2.24) is 9.97 Å². The molecule has 0 amide bonds. The molecule has 0 unspecified atom stereocenters. The fourth-order valence-corrected chi connectivity index (χ4v) is 2.49. The number of aliphatic hydroxyl groups is 2. The molecule has 0 saturated heterocycles. The molecular weight excluding hydrogens is 471 g/mol. The number of hydrogen-bond acceptors (Lipinski definition) is 4. The van der Waals surface area contributed by atoms with E-state index >= 15 is 0 Å². The first-order valence-electron chi connectivity index (χ1n) is 7.08. The van der Waals surface area contributed by atoms with E-state index in [4.69, 9.17) is 10.2 Å². The molecule has 4 nitrogen and oxygen atoms in total. The van der Waals surface area contributed by atoms with E-state index in [9.17, 15) is 0 Å². The number of hydrogen-bond donors (Lipinski definition) is 2. The van der Waals surface area contributed by atoms with Crippen LogP contribution < -0.4 is 0 Å². The first-order valence-corrected chi connectivity index (χ1v) is 7.08. The summed E-state index contributed by atoms with van der Waals surface area (Å²) in [5.41, 5.74) is 2.05. The maximum atomic E-state index is 7.62. The van der Waals surface area contributed by atoms with E-state index < -0.39 is 0 Å². The number of pyridine rings is 2. The summed E-state index contributed by atoms with van der Waals surface area (Å²) in [6.07, 6.45) is 3.67. The van der Waals surface area contributed by atoms with Crippen molar-refractivity contribution in [3.8, 4) is 0 Å². The molecule has 0 bridgehead atoms. The summed E-state index contributed by atoms with van der Waals surface area (Å²) in [4.78, 5) is 9.04. The van der Waals surface area contributed by atoms with Crippen LogP contribution in [0.2, 0.25) is 0 Å². The minimum absolute atomic E-state index is 0. The second kappa shape index (κ2) is 8.11. The molecule has 2 N–H and O–H groups in total. The van der Waals surface area contributed by atoms with Gasteiger partial charge in [0.1, 0.15) is 0 Å². The van der Waals surface area contributed by atoms with Crippen molar-refractivity contribution < 1.29 is 31.3 Å². The van der Waals surface area contributed by atoms with E-state index in [1.54, 1.807) is 0 Å². The monoisotopic (exact) mass is 487 g/mol. The molecule has 0 fully saturated rings. The summed E-state index contributed by atoms with van der Waals surface area (Å²) in [6, 6.07) is 16.6. The van der Waals surface area contributed by atoms with Gasteiger partial charge in [0.25, 0.3) is 0 Å². The van der Waals surface area contributed by atoms with Gasteiger partial charge in [0.15, 0.2) is 0 Å². The molecule has 0 radical (unpaired) electrons. The average Bonchev–Trinajstić information content (AvgIpc) is 2.61. The summed E-state index contributed by atoms with van der Waals surface area (Å²) in [6.45, 7) is -0.250. The van der Waals surface area contributed by atoms with Gasteiger partial charge >= 0.3 is 0 Å². The van der Waals surface area contributed by atoms with Crippen LogP contribution >= 0.6 is 0 Å². The molecule has 0 aliphatic heterocycles. The Morgan fingerprint density at radius 1 is 0.652 bits per heavy atom. The van der Waals surface area contributed by atoms with Crippen LogP contribution in [0.3, 0.4) is 0 Å². The summed E-state index contributed by atoms with van der Waals surface area (Å²) in [7, 11) is 0. The fraction of sp³-hybridized carbons (Fsp3) is 0.111. The third-order valence-corrected chi connectivity index (χ3v) is 3.43. The average molecular weight is 487 g/mol.